The predicted molar refractivity (Wildman–Crippen MR) is 82.2 cm³/mol. The summed E-state index contributed by atoms with van der Waals surface area (Å²) in [4.78, 5) is 12.3. The molecule has 2 nitrogen and oxygen atoms in total. The van der Waals surface area contributed by atoms with Gasteiger partial charge in [-0.1, -0.05) is 23.2 Å². The van der Waals surface area contributed by atoms with Crippen LogP contribution in [0.3, 0.4) is 0 Å². The fourth-order valence-corrected chi connectivity index (χ4v) is 2.29. The number of carbonyl (C=O) groups excluding carboxylic acids is 1. The van der Waals surface area contributed by atoms with Gasteiger partial charge in [0.15, 0.2) is 5.78 Å². The fraction of sp³-hybridized carbons (Fsp3) is 0.188. The molecule has 20 heavy (non-hydrogen) atoms. The molecule has 0 aliphatic heterocycles. The molecule has 2 aromatic rings. The maximum absolute atomic E-state index is 12.3. The SMILES string of the molecule is COc1ccc(Cl)cc1CC(=O)c1ccc(Cl)c(C)c1. The smallest absolute Gasteiger partial charge is 0.167 e. The van der Waals surface area contributed by atoms with Crippen molar-refractivity contribution >= 4 is 29.0 Å². The molecule has 0 fully saturated rings. The summed E-state index contributed by atoms with van der Waals surface area (Å²) < 4.78 is 5.25. The van der Waals surface area contributed by atoms with E-state index in [1.54, 1.807) is 43.5 Å². The third-order valence-corrected chi connectivity index (χ3v) is 3.73. The van der Waals surface area contributed by atoms with Gasteiger partial charge < -0.3 is 4.74 Å². The highest BCUT2D eigenvalue weighted by atomic mass is 35.5. The Balaban J connectivity index is 2.27. The highest BCUT2D eigenvalue weighted by Gasteiger charge is 2.12. The molecular formula is C16H14Cl2O2. The monoisotopic (exact) mass is 308 g/mol. The number of halogens is 2. The number of methoxy groups -OCH3 is 1. The van der Waals surface area contributed by atoms with E-state index in [2.05, 4.69) is 0 Å². The highest BCUT2D eigenvalue weighted by Crippen LogP contribution is 2.25. The number of ketones is 1. The molecule has 0 unspecified atom stereocenters. The molecule has 0 aliphatic rings. The molecule has 0 aromatic heterocycles. The molecule has 0 atom stereocenters. The van der Waals surface area contributed by atoms with Gasteiger partial charge in [0.05, 0.1) is 7.11 Å². The highest BCUT2D eigenvalue weighted by molar-refractivity contribution is 6.31. The van der Waals surface area contributed by atoms with Crippen LogP contribution < -0.4 is 4.74 Å². The zero-order valence-corrected chi connectivity index (χ0v) is 12.8. The number of rotatable bonds is 4. The first kappa shape index (κ1) is 14.9. The van der Waals surface area contributed by atoms with Crippen LogP contribution in [0.25, 0.3) is 0 Å². The van der Waals surface area contributed by atoms with Crippen LogP contribution in [0.1, 0.15) is 21.5 Å². The van der Waals surface area contributed by atoms with Crippen molar-refractivity contribution in [3.8, 4) is 5.75 Å². The molecule has 0 spiro atoms. The van der Waals surface area contributed by atoms with Gasteiger partial charge in [-0.25, -0.2) is 0 Å². The van der Waals surface area contributed by atoms with E-state index in [4.69, 9.17) is 27.9 Å². The Morgan fingerprint density at radius 3 is 2.55 bits per heavy atom. The average Bonchev–Trinajstić information content (AvgIpc) is 2.42. The third-order valence-electron chi connectivity index (χ3n) is 3.07. The molecule has 0 amide bonds. The molecule has 0 N–H and O–H groups in total. The van der Waals surface area contributed by atoms with E-state index in [1.807, 2.05) is 6.92 Å². The summed E-state index contributed by atoms with van der Waals surface area (Å²) >= 11 is 11.9. The van der Waals surface area contributed by atoms with Crippen molar-refractivity contribution in [3.63, 3.8) is 0 Å². The minimum absolute atomic E-state index is 0.00494. The zero-order valence-electron chi connectivity index (χ0n) is 11.2. The summed E-state index contributed by atoms with van der Waals surface area (Å²) in [5.74, 6) is 0.666. The number of aryl methyl sites for hydroxylation is 1. The third kappa shape index (κ3) is 3.33. The second-order valence-corrected chi connectivity index (χ2v) is 5.36. The quantitative estimate of drug-likeness (QED) is 0.763. The summed E-state index contributed by atoms with van der Waals surface area (Å²) in [6.45, 7) is 1.87. The van der Waals surface area contributed by atoms with Gasteiger partial charge in [0.2, 0.25) is 0 Å². The van der Waals surface area contributed by atoms with Crippen molar-refractivity contribution < 1.29 is 9.53 Å². The fourth-order valence-electron chi connectivity index (χ4n) is 1.98. The largest absolute Gasteiger partial charge is 0.496 e. The molecule has 0 aliphatic carbocycles. The second-order valence-electron chi connectivity index (χ2n) is 4.52. The molecule has 2 aromatic carbocycles. The maximum Gasteiger partial charge on any atom is 0.167 e. The van der Waals surface area contributed by atoms with Crippen molar-refractivity contribution in [2.45, 2.75) is 13.3 Å². The van der Waals surface area contributed by atoms with Crippen LogP contribution in [0, 0.1) is 6.92 Å². The normalized spacial score (nSPS) is 10.4. The van der Waals surface area contributed by atoms with Gasteiger partial charge in [-0.3, -0.25) is 4.79 Å². The summed E-state index contributed by atoms with van der Waals surface area (Å²) in [6.07, 6.45) is 0.241. The van der Waals surface area contributed by atoms with Crippen LogP contribution in [-0.4, -0.2) is 12.9 Å². The number of hydrogen-bond acceptors (Lipinski definition) is 2. The first-order valence-electron chi connectivity index (χ1n) is 6.13. The Hall–Kier alpha value is -1.51. The van der Waals surface area contributed by atoms with Crippen LogP contribution in [0.15, 0.2) is 36.4 Å². The van der Waals surface area contributed by atoms with E-state index >= 15 is 0 Å². The van der Waals surface area contributed by atoms with E-state index in [1.165, 1.54) is 0 Å². The number of Topliss-reactive ketones (excluding diaryl/α,β-unsaturated/α-hetero) is 1. The van der Waals surface area contributed by atoms with Gasteiger partial charge in [0.25, 0.3) is 0 Å². The van der Waals surface area contributed by atoms with E-state index in [0.29, 0.717) is 21.4 Å². The minimum Gasteiger partial charge on any atom is -0.496 e. The van der Waals surface area contributed by atoms with E-state index < -0.39 is 0 Å². The summed E-state index contributed by atoms with van der Waals surface area (Å²) in [6, 6.07) is 10.5. The van der Waals surface area contributed by atoms with E-state index in [0.717, 1.165) is 11.1 Å². The minimum atomic E-state index is 0.00494. The lowest BCUT2D eigenvalue weighted by molar-refractivity contribution is 0.0992. The Morgan fingerprint density at radius 2 is 1.90 bits per heavy atom. The number of benzene rings is 2. The van der Waals surface area contributed by atoms with E-state index in [9.17, 15) is 4.79 Å². The predicted octanol–water partition coefficient (Wildman–Crippen LogP) is 4.74. The van der Waals surface area contributed by atoms with Crippen molar-refractivity contribution in [1.29, 1.82) is 0 Å². The van der Waals surface area contributed by atoms with Gasteiger partial charge in [-0.2, -0.15) is 0 Å². The Kier molecular flexibility index (Phi) is 4.69. The van der Waals surface area contributed by atoms with Gasteiger partial charge in [0, 0.05) is 27.6 Å². The molecule has 104 valence electrons. The molecule has 0 saturated heterocycles. The summed E-state index contributed by atoms with van der Waals surface area (Å²) in [7, 11) is 1.57. The van der Waals surface area contributed by atoms with Crippen molar-refractivity contribution in [2.24, 2.45) is 0 Å². The first-order valence-corrected chi connectivity index (χ1v) is 6.88. The molecule has 4 heteroatoms. The molecule has 2 rings (SSSR count). The standard InChI is InChI=1S/C16H14Cl2O2/c1-10-7-11(3-5-14(10)18)15(19)9-12-8-13(17)4-6-16(12)20-2/h3-8H,9H2,1-2H3. The number of ether oxygens (including phenoxy) is 1. The van der Waals surface area contributed by atoms with Crippen LogP contribution >= 0.6 is 23.2 Å². The zero-order chi connectivity index (χ0) is 14.7. The first-order chi connectivity index (χ1) is 9.51. The van der Waals surface area contributed by atoms with Crippen LogP contribution in [-0.2, 0) is 6.42 Å². The van der Waals surface area contributed by atoms with Gasteiger partial charge in [-0.05, 0) is 48.9 Å². The maximum atomic E-state index is 12.3. The summed E-state index contributed by atoms with van der Waals surface area (Å²) in [5, 5.41) is 1.24. The second kappa shape index (κ2) is 6.29. The lowest BCUT2D eigenvalue weighted by Crippen LogP contribution is -2.05. The van der Waals surface area contributed by atoms with Crippen molar-refractivity contribution in [1.82, 2.24) is 0 Å². The van der Waals surface area contributed by atoms with Crippen LogP contribution in [0.2, 0.25) is 10.0 Å². The number of hydrogen-bond donors (Lipinski definition) is 0. The molecule has 0 radical (unpaired) electrons. The molecule has 0 bridgehead atoms. The average molecular weight is 309 g/mol. The summed E-state index contributed by atoms with van der Waals surface area (Å²) in [5.41, 5.74) is 2.29. The molecule has 0 saturated carbocycles. The van der Waals surface area contributed by atoms with Gasteiger partial charge in [0.1, 0.15) is 5.75 Å². The Bertz CT molecular complexity index is 651. The lowest BCUT2D eigenvalue weighted by Gasteiger charge is -2.09. The molecular weight excluding hydrogens is 295 g/mol. The van der Waals surface area contributed by atoms with E-state index in [-0.39, 0.29) is 12.2 Å². The van der Waals surface area contributed by atoms with Crippen molar-refractivity contribution in [2.75, 3.05) is 7.11 Å². The Labute approximate surface area is 128 Å². The topological polar surface area (TPSA) is 26.3 Å². The van der Waals surface area contributed by atoms with Crippen LogP contribution in [0.4, 0.5) is 0 Å². The Morgan fingerprint density at radius 1 is 1.15 bits per heavy atom. The lowest BCUT2D eigenvalue weighted by atomic mass is 10.0. The molecule has 0 heterocycles. The van der Waals surface area contributed by atoms with Crippen LogP contribution in [0.5, 0.6) is 5.75 Å². The van der Waals surface area contributed by atoms with Crippen molar-refractivity contribution in [3.05, 3.63) is 63.1 Å². The number of carbonyl (C=O) groups is 1. The van der Waals surface area contributed by atoms with Gasteiger partial charge in [-0.15, -0.1) is 0 Å². The van der Waals surface area contributed by atoms with Gasteiger partial charge >= 0.3 is 0 Å².